The number of benzene rings is 1. The molecule has 0 aliphatic rings. The number of pyridine rings is 1. The van der Waals surface area contributed by atoms with E-state index in [1.54, 1.807) is 0 Å². The molecule has 0 spiro atoms. The smallest absolute Gasteiger partial charge is 0.191 e. The van der Waals surface area contributed by atoms with Crippen molar-refractivity contribution in [2.45, 2.75) is 19.9 Å². The number of hydrogen-bond acceptors (Lipinski definition) is 3. The third-order valence-electron chi connectivity index (χ3n) is 4.36. The monoisotopic (exact) mass is 364 g/mol. The zero-order valence-electron chi connectivity index (χ0n) is 16.3. The van der Waals surface area contributed by atoms with Crippen LogP contribution in [0, 0.1) is 0 Å². The van der Waals surface area contributed by atoms with Crippen molar-refractivity contribution >= 4 is 22.7 Å². The molecule has 3 rings (SSSR count). The molecule has 142 valence electrons. The molecule has 0 aliphatic heterocycles. The first-order chi connectivity index (χ1) is 13.2. The second kappa shape index (κ2) is 9.07. The summed E-state index contributed by atoms with van der Waals surface area (Å²) in [5, 5.41) is 8.00. The Bertz CT molecular complexity index is 896. The predicted octanol–water partition coefficient (Wildman–Crippen LogP) is 2.93. The van der Waals surface area contributed by atoms with Gasteiger partial charge in [-0.25, -0.2) is 9.98 Å². The Balaban J connectivity index is 1.60. The van der Waals surface area contributed by atoms with Crippen LogP contribution < -0.4 is 15.5 Å². The molecule has 2 aromatic heterocycles. The minimum Gasteiger partial charge on any atom is -0.363 e. The Morgan fingerprint density at radius 2 is 1.96 bits per heavy atom. The van der Waals surface area contributed by atoms with Crippen LogP contribution in [-0.2, 0) is 13.0 Å². The zero-order valence-corrected chi connectivity index (χ0v) is 16.3. The lowest BCUT2D eigenvalue weighted by molar-refractivity contribution is 0.798. The highest BCUT2D eigenvalue weighted by Crippen LogP contribution is 2.17. The van der Waals surface area contributed by atoms with E-state index in [0.29, 0.717) is 6.54 Å². The summed E-state index contributed by atoms with van der Waals surface area (Å²) in [6.45, 7) is 4.26. The molecule has 2 heterocycles. The van der Waals surface area contributed by atoms with Crippen LogP contribution in [0.15, 0.2) is 53.7 Å². The number of hydrogen-bond donors (Lipinski definition) is 3. The highest BCUT2D eigenvalue weighted by molar-refractivity contribution is 5.83. The summed E-state index contributed by atoms with van der Waals surface area (Å²) >= 11 is 0. The molecule has 1 aromatic carbocycles. The first-order valence-electron chi connectivity index (χ1n) is 9.38. The molecule has 3 aromatic rings. The van der Waals surface area contributed by atoms with Crippen LogP contribution in [0.25, 0.3) is 10.9 Å². The maximum atomic E-state index is 4.67. The van der Waals surface area contributed by atoms with E-state index in [0.717, 1.165) is 37.0 Å². The molecule has 0 saturated carbocycles. The topological polar surface area (TPSA) is 68.3 Å². The molecular formula is C21H28N6. The van der Waals surface area contributed by atoms with Crippen molar-refractivity contribution < 1.29 is 0 Å². The van der Waals surface area contributed by atoms with Crippen LogP contribution in [0.2, 0.25) is 0 Å². The Morgan fingerprint density at radius 1 is 1.11 bits per heavy atom. The maximum Gasteiger partial charge on any atom is 0.191 e. The summed E-state index contributed by atoms with van der Waals surface area (Å²) in [7, 11) is 3.98. The quantitative estimate of drug-likeness (QED) is 0.445. The fraction of sp³-hybridized carbons (Fsp3) is 0.333. The van der Waals surface area contributed by atoms with E-state index < -0.39 is 0 Å². The van der Waals surface area contributed by atoms with Gasteiger partial charge in [0.2, 0.25) is 0 Å². The average Bonchev–Trinajstić information content (AvgIpc) is 3.09. The van der Waals surface area contributed by atoms with Gasteiger partial charge in [0.05, 0.1) is 12.2 Å². The van der Waals surface area contributed by atoms with E-state index >= 15 is 0 Å². The number of rotatable bonds is 7. The number of guanidine groups is 1. The van der Waals surface area contributed by atoms with Crippen LogP contribution in [0.3, 0.4) is 0 Å². The third-order valence-corrected chi connectivity index (χ3v) is 4.36. The second-order valence-electron chi connectivity index (χ2n) is 6.61. The van der Waals surface area contributed by atoms with Gasteiger partial charge in [-0.1, -0.05) is 24.3 Å². The number of H-pyrrole nitrogens is 1. The van der Waals surface area contributed by atoms with Crippen molar-refractivity contribution in [2.24, 2.45) is 4.99 Å². The van der Waals surface area contributed by atoms with Crippen molar-refractivity contribution in [1.82, 2.24) is 20.6 Å². The van der Waals surface area contributed by atoms with Gasteiger partial charge in [-0.05, 0) is 37.1 Å². The summed E-state index contributed by atoms with van der Waals surface area (Å²) in [5.41, 5.74) is 3.45. The van der Waals surface area contributed by atoms with Gasteiger partial charge in [0.25, 0.3) is 0 Å². The minimum atomic E-state index is 0.546. The summed E-state index contributed by atoms with van der Waals surface area (Å²) in [5.74, 6) is 1.76. The molecule has 0 aliphatic carbocycles. The highest BCUT2D eigenvalue weighted by atomic mass is 15.2. The van der Waals surface area contributed by atoms with Gasteiger partial charge in [0.15, 0.2) is 5.96 Å². The van der Waals surface area contributed by atoms with Gasteiger partial charge in [0.1, 0.15) is 5.82 Å². The fourth-order valence-corrected chi connectivity index (χ4v) is 2.96. The number of aromatic amines is 1. The van der Waals surface area contributed by atoms with Crippen LogP contribution in [-0.4, -0.2) is 43.1 Å². The van der Waals surface area contributed by atoms with E-state index in [2.05, 4.69) is 63.0 Å². The molecule has 0 amide bonds. The number of fused-ring (bicyclic) bond motifs is 1. The lowest BCUT2D eigenvalue weighted by Crippen LogP contribution is -2.38. The summed E-state index contributed by atoms with van der Waals surface area (Å²) in [4.78, 5) is 14.6. The molecule has 0 bridgehead atoms. The van der Waals surface area contributed by atoms with E-state index in [9.17, 15) is 0 Å². The maximum absolute atomic E-state index is 4.67. The molecule has 6 nitrogen and oxygen atoms in total. The molecule has 6 heteroatoms. The molecule has 0 unspecified atom stereocenters. The molecule has 27 heavy (non-hydrogen) atoms. The Hall–Kier alpha value is -3.02. The number of aromatic nitrogens is 2. The van der Waals surface area contributed by atoms with Crippen molar-refractivity contribution in [3.8, 4) is 0 Å². The van der Waals surface area contributed by atoms with Gasteiger partial charge in [-0.3, -0.25) is 0 Å². The standard InChI is InChI=1S/C21H28N6/c1-4-22-21(25-15-17-8-7-11-20(26-17)27(2)3)23-13-12-16-14-24-19-10-6-5-9-18(16)19/h5-11,14,24H,4,12-13,15H2,1-3H3,(H2,22,23,25). The van der Waals surface area contributed by atoms with Crippen molar-refractivity contribution in [3.05, 3.63) is 59.9 Å². The zero-order chi connectivity index (χ0) is 19.1. The first-order valence-corrected chi connectivity index (χ1v) is 9.38. The Kier molecular flexibility index (Phi) is 6.30. The fourth-order valence-electron chi connectivity index (χ4n) is 2.96. The lowest BCUT2D eigenvalue weighted by Gasteiger charge is -2.13. The number of aliphatic imine (C=N–C) groups is 1. The van der Waals surface area contributed by atoms with Crippen LogP contribution in [0.5, 0.6) is 0 Å². The van der Waals surface area contributed by atoms with Crippen LogP contribution in [0.4, 0.5) is 5.82 Å². The van der Waals surface area contributed by atoms with Crippen LogP contribution >= 0.6 is 0 Å². The van der Waals surface area contributed by atoms with Crippen molar-refractivity contribution in [1.29, 1.82) is 0 Å². The van der Waals surface area contributed by atoms with E-state index in [4.69, 9.17) is 0 Å². The molecule has 0 radical (unpaired) electrons. The molecule has 3 N–H and O–H groups in total. The minimum absolute atomic E-state index is 0.546. The molecular weight excluding hydrogens is 336 g/mol. The van der Waals surface area contributed by atoms with Gasteiger partial charge in [0, 0.05) is 44.3 Å². The van der Waals surface area contributed by atoms with Crippen molar-refractivity contribution in [2.75, 3.05) is 32.1 Å². The predicted molar refractivity (Wildman–Crippen MR) is 113 cm³/mol. The van der Waals surface area contributed by atoms with Gasteiger partial charge >= 0.3 is 0 Å². The lowest BCUT2D eigenvalue weighted by atomic mass is 10.1. The van der Waals surface area contributed by atoms with E-state index in [1.807, 2.05) is 37.2 Å². The Morgan fingerprint density at radius 3 is 2.78 bits per heavy atom. The average molecular weight is 364 g/mol. The third kappa shape index (κ3) is 5.00. The van der Waals surface area contributed by atoms with Crippen molar-refractivity contribution in [3.63, 3.8) is 0 Å². The SMILES string of the molecule is CCNC(=NCc1cccc(N(C)C)n1)NCCc1c[nH]c2ccccc12. The molecule has 0 fully saturated rings. The summed E-state index contributed by atoms with van der Waals surface area (Å²) in [6.07, 6.45) is 3.02. The Labute approximate surface area is 160 Å². The molecule has 0 saturated heterocycles. The van der Waals surface area contributed by atoms with E-state index in [-0.39, 0.29) is 0 Å². The van der Waals surface area contributed by atoms with E-state index in [1.165, 1.54) is 16.5 Å². The van der Waals surface area contributed by atoms with Crippen LogP contribution in [0.1, 0.15) is 18.2 Å². The normalized spacial score (nSPS) is 11.6. The first kappa shape index (κ1) is 18.8. The highest BCUT2D eigenvalue weighted by Gasteiger charge is 2.04. The second-order valence-corrected chi connectivity index (χ2v) is 6.61. The summed E-state index contributed by atoms with van der Waals surface area (Å²) in [6, 6.07) is 14.4. The number of anilines is 1. The van der Waals surface area contributed by atoms with Gasteiger partial charge < -0.3 is 20.5 Å². The largest absolute Gasteiger partial charge is 0.363 e. The molecule has 0 atom stereocenters. The van der Waals surface area contributed by atoms with Gasteiger partial charge in [-0.2, -0.15) is 0 Å². The number of para-hydroxylation sites is 1. The summed E-state index contributed by atoms with van der Waals surface area (Å²) < 4.78 is 0. The number of nitrogens with one attached hydrogen (secondary N) is 3. The van der Waals surface area contributed by atoms with Gasteiger partial charge in [-0.15, -0.1) is 0 Å². The number of nitrogens with zero attached hydrogens (tertiary/aromatic N) is 3.